The van der Waals surface area contributed by atoms with E-state index in [1.165, 1.54) is 77.0 Å². The van der Waals surface area contributed by atoms with Crippen molar-refractivity contribution >= 4 is 5.91 Å². The fourth-order valence-corrected chi connectivity index (χ4v) is 4.96. The lowest BCUT2D eigenvalue weighted by Crippen LogP contribution is -2.35. The predicted molar refractivity (Wildman–Crippen MR) is 186 cm³/mol. The summed E-state index contributed by atoms with van der Waals surface area (Å²) in [5, 5.41) is 17.4. The lowest BCUT2D eigenvalue weighted by molar-refractivity contribution is -0.132. The van der Waals surface area contributed by atoms with E-state index in [1.807, 2.05) is 4.90 Å². The highest BCUT2D eigenvalue weighted by molar-refractivity contribution is 5.76. The summed E-state index contributed by atoms with van der Waals surface area (Å²) >= 11 is 0. The van der Waals surface area contributed by atoms with Gasteiger partial charge in [0.15, 0.2) is 0 Å². The number of carbonyl (C=O) groups excluding carboxylic acids is 1. The Balaban J connectivity index is 4.05. The molecule has 0 rings (SSSR count). The van der Waals surface area contributed by atoms with E-state index >= 15 is 0 Å². The van der Waals surface area contributed by atoms with Crippen LogP contribution in [0.1, 0.15) is 110 Å². The molecule has 0 radical (unpaired) electrons. The average molecular weight is 680 g/mol. The van der Waals surface area contributed by atoms with Crippen LogP contribution >= 0.6 is 0 Å². The maximum atomic E-state index is 13.0. The van der Waals surface area contributed by atoms with E-state index in [9.17, 15) is 4.79 Å². The maximum Gasteiger partial charge on any atom is 0.222 e. The van der Waals surface area contributed by atoms with Crippen LogP contribution in [0, 0.1) is 0 Å². The first-order chi connectivity index (χ1) is 23.3. The number of ether oxygens (including phenoxy) is 7. The largest absolute Gasteiger partial charge is 0.394 e. The van der Waals surface area contributed by atoms with Gasteiger partial charge in [-0.1, -0.05) is 90.4 Å². The van der Waals surface area contributed by atoms with Crippen LogP contribution in [0.25, 0.3) is 0 Å². The minimum atomic E-state index is 0.0173. The molecular weight excluding hydrogens is 606 g/mol. The van der Waals surface area contributed by atoms with Gasteiger partial charge in [-0.25, -0.2) is 0 Å². The van der Waals surface area contributed by atoms with Crippen LogP contribution in [0.5, 0.6) is 0 Å². The molecule has 47 heavy (non-hydrogen) atoms. The third-order valence-electron chi connectivity index (χ3n) is 7.65. The van der Waals surface area contributed by atoms with Crippen molar-refractivity contribution < 1.29 is 48.2 Å². The van der Waals surface area contributed by atoms with Crippen molar-refractivity contribution in [2.45, 2.75) is 110 Å². The summed E-state index contributed by atoms with van der Waals surface area (Å²) in [5.41, 5.74) is 0. The molecule has 0 saturated carbocycles. The van der Waals surface area contributed by atoms with Gasteiger partial charge in [-0.3, -0.25) is 4.79 Å². The quantitative estimate of drug-likeness (QED) is 0.0836. The summed E-state index contributed by atoms with van der Waals surface area (Å²) in [5.74, 6) is 0.190. The molecule has 0 spiro atoms. The molecule has 0 aromatic heterocycles. The normalized spacial score (nSPS) is 11.5. The van der Waals surface area contributed by atoms with Gasteiger partial charge in [0.2, 0.25) is 5.91 Å². The number of hydrogen-bond donors (Lipinski definition) is 2. The molecule has 0 bridgehead atoms. The molecule has 0 unspecified atom stereocenters. The molecule has 0 fully saturated rings. The first-order valence-electron chi connectivity index (χ1n) is 18.8. The summed E-state index contributed by atoms with van der Waals surface area (Å²) in [7, 11) is 0. The van der Waals surface area contributed by atoms with Crippen molar-refractivity contribution in [3.63, 3.8) is 0 Å². The average Bonchev–Trinajstić information content (AvgIpc) is 3.08. The molecule has 0 atom stereocenters. The zero-order valence-corrected chi connectivity index (χ0v) is 30.1. The third-order valence-corrected chi connectivity index (χ3v) is 7.65. The second-order valence-corrected chi connectivity index (χ2v) is 11.8. The summed E-state index contributed by atoms with van der Waals surface area (Å²) < 4.78 is 38.1. The molecule has 0 heterocycles. The molecule has 11 heteroatoms. The zero-order chi connectivity index (χ0) is 34.1. The Labute approximate surface area is 287 Å². The molecule has 0 aliphatic carbocycles. The van der Waals surface area contributed by atoms with Crippen LogP contribution in [-0.2, 0) is 38.0 Å². The minimum Gasteiger partial charge on any atom is -0.394 e. The molecule has 0 aliphatic heterocycles. The highest BCUT2D eigenvalue weighted by Crippen LogP contribution is 2.14. The SMILES string of the molecule is CCCCCCCCCCCCCCCCC(=O)N(CCCOCCOCCOCCO)CCOCCOCCOCCOCCO. The van der Waals surface area contributed by atoms with E-state index in [0.717, 1.165) is 19.3 Å². The van der Waals surface area contributed by atoms with Crippen LogP contribution in [0.3, 0.4) is 0 Å². The summed E-state index contributed by atoms with van der Waals surface area (Å²) in [6.07, 6.45) is 19.6. The van der Waals surface area contributed by atoms with Gasteiger partial charge < -0.3 is 48.3 Å². The van der Waals surface area contributed by atoms with Crippen molar-refractivity contribution in [1.29, 1.82) is 0 Å². The summed E-state index contributed by atoms with van der Waals surface area (Å²) in [6, 6.07) is 0. The predicted octanol–water partition coefficient (Wildman–Crippen LogP) is 5.18. The van der Waals surface area contributed by atoms with Crippen LogP contribution in [0.2, 0.25) is 0 Å². The van der Waals surface area contributed by atoms with E-state index in [1.54, 1.807) is 0 Å². The molecular formula is C36H73NO10. The van der Waals surface area contributed by atoms with Gasteiger partial charge in [0.05, 0.1) is 99.1 Å². The number of unbranched alkanes of at least 4 members (excludes halogenated alkanes) is 13. The first kappa shape index (κ1) is 46.1. The van der Waals surface area contributed by atoms with Gasteiger partial charge in [0.1, 0.15) is 0 Å². The van der Waals surface area contributed by atoms with Crippen molar-refractivity contribution in [2.75, 3.05) is 119 Å². The second kappa shape index (κ2) is 41.3. The monoisotopic (exact) mass is 680 g/mol. The Morgan fingerprint density at radius 1 is 0.404 bits per heavy atom. The van der Waals surface area contributed by atoms with E-state index < -0.39 is 0 Å². The highest BCUT2D eigenvalue weighted by Gasteiger charge is 2.13. The smallest absolute Gasteiger partial charge is 0.222 e. The number of carbonyl (C=O) groups is 1. The lowest BCUT2D eigenvalue weighted by Gasteiger charge is -2.23. The molecule has 0 aromatic carbocycles. The molecule has 282 valence electrons. The summed E-state index contributed by atoms with van der Waals surface area (Å²) in [6.45, 7) is 9.97. The van der Waals surface area contributed by atoms with Gasteiger partial charge in [-0.05, 0) is 12.8 Å². The van der Waals surface area contributed by atoms with Crippen molar-refractivity contribution in [3.8, 4) is 0 Å². The van der Waals surface area contributed by atoms with Crippen LogP contribution < -0.4 is 0 Å². The number of amides is 1. The zero-order valence-electron chi connectivity index (χ0n) is 30.1. The van der Waals surface area contributed by atoms with Gasteiger partial charge in [-0.2, -0.15) is 0 Å². The maximum absolute atomic E-state index is 13.0. The van der Waals surface area contributed by atoms with Gasteiger partial charge in [0, 0.05) is 26.1 Å². The second-order valence-electron chi connectivity index (χ2n) is 11.8. The Morgan fingerprint density at radius 3 is 1.15 bits per heavy atom. The van der Waals surface area contributed by atoms with E-state index in [2.05, 4.69) is 6.92 Å². The fraction of sp³-hybridized carbons (Fsp3) is 0.972. The molecule has 2 N–H and O–H groups in total. The molecule has 0 aromatic rings. The third kappa shape index (κ3) is 37.8. The number of aliphatic hydroxyl groups excluding tert-OH is 2. The molecule has 0 saturated heterocycles. The van der Waals surface area contributed by atoms with Crippen molar-refractivity contribution in [1.82, 2.24) is 4.90 Å². The van der Waals surface area contributed by atoms with Crippen LogP contribution in [0.4, 0.5) is 0 Å². The number of aliphatic hydroxyl groups is 2. The molecule has 0 aliphatic rings. The fourth-order valence-electron chi connectivity index (χ4n) is 4.96. The Bertz CT molecular complexity index is 602. The van der Waals surface area contributed by atoms with E-state index in [-0.39, 0.29) is 19.1 Å². The molecule has 1 amide bonds. The van der Waals surface area contributed by atoms with Gasteiger partial charge in [-0.15, -0.1) is 0 Å². The van der Waals surface area contributed by atoms with Gasteiger partial charge >= 0.3 is 0 Å². The number of rotatable bonds is 41. The van der Waals surface area contributed by atoms with Crippen LogP contribution in [0.15, 0.2) is 0 Å². The Kier molecular flexibility index (Phi) is 40.5. The highest BCUT2D eigenvalue weighted by atomic mass is 16.6. The lowest BCUT2D eigenvalue weighted by atomic mass is 10.0. The molecule has 11 nitrogen and oxygen atoms in total. The number of nitrogens with zero attached hydrogens (tertiary/aromatic N) is 1. The van der Waals surface area contributed by atoms with Crippen molar-refractivity contribution in [2.24, 2.45) is 0 Å². The van der Waals surface area contributed by atoms with E-state index in [0.29, 0.717) is 112 Å². The number of hydrogen-bond acceptors (Lipinski definition) is 10. The Hall–Kier alpha value is -0.890. The topological polar surface area (TPSA) is 125 Å². The first-order valence-corrected chi connectivity index (χ1v) is 18.8. The van der Waals surface area contributed by atoms with Crippen molar-refractivity contribution in [3.05, 3.63) is 0 Å². The van der Waals surface area contributed by atoms with E-state index in [4.69, 9.17) is 43.4 Å². The van der Waals surface area contributed by atoms with Crippen LogP contribution in [-0.4, -0.2) is 140 Å². The van der Waals surface area contributed by atoms with Gasteiger partial charge in [0.25, 0.3) is 0 Å². The standard InChI is InChI=1S/C36H73NO10/c1-2-3-4-5-6-7-8-9-10-11-12-13-14-15-17-36(40)37(18-16-22-41-26-30-45-32-28-43-24-20-38)19-23-42-27-31-46-34-35-47-33-29-44-25-21-39/h38-39H,2-35H2,1H3. The minimum absolute atomic E-state index is 0.0173. The Morgan fingerprint density at radius 2 is 0.745 bits per heavy atom. The summed E-state index contributed by atoms with van der Waals surface area (Å²) in [4.78, 5) is 15.0.